The van der Waals surface area contributed by atoms with Crippen molar-refractivity contribution in [3.05, 3.63) is 66.2 Å². The second-order valence-corrected chi connectivity index (χ2v) is 6.50. The molecule has 0 heterocycles. The molecule has 0 aliphatic rings. The number of hydrogen-bond acceptors (Lipinski definition) is 6. The Labute approximate surface area is 180 Å². The Kier molecular flexibility index (Phi) is 7.11. The van der Waals surface area contributed by atoms with Crippen molar-refractivity contribution < 1.29 is 28.5 Å². The van der Waals surface area contributed by atoms with E-state index in [9.17, 15) is 9.59 Å². The van der Waals surface area contributed by atoms with Crippen molar-refractivity contribution in [3.8, 4) is 17.2 Å². The maximum absolute atomic E-state index is 12.1. The number of anilines is 1. The molecule has 7 heteroatoms. The van der Waals surface area contributed by atoms with Gasteiger partial charge in [-0.1, -0.05) is 30.3 Å². The molecule has 0 aliphatic heterocycles. The highest BCUT2D eigenvalue weighted by atomic mass is 16.5. The zero-order valence-corrected chi connectivity index (χ0v) is 17.5. The number of methoxy groups -OCH3 is 3. The Bertz CT molecular complexity index is 1120. The van der Waals surface area contributed by atoms with Crippen molar-refractivity contribution in [2.45, 2.75) is 0 Å². The molecule has 0 fully saturated rings. The molecule has 0 bridgehead atoms. The largest absolute Gasteiger partial charge is 0.496 e. The molecule has 7 nitrogen and oxygen atoms in total. The number of nitrogens with one attached hydrogen (secondary N) is 1. The lowest BCUT2D eigenvalue weighted by molar-refractivity contribution is -0.142. The van der Waals surface area contributed by atoms with E-state index in [2.05, 4.69) is 5.32 Å². The third kappa shape index (κ3) is 5.54. The van der Waals surface area contributed by atoms with Crippen LogP contribution in [0.3, 0.4) is 0 Å². The van der Waals surface area contributed by atoms with Crippen LogP contribution in [0.5, 0.6) is 17.2 Å². The number of esters is 1. The van der Waals surface area contributed by atoms with Gasteiger partial charge >= 0.3 is 5.97 Å². The Balaban J connectivity index is 1.59. The summed E-state index contributed by atoms with van der Waals surface area (Å²) in [5, 5.41) is 4.79. The van der Waals surface area contributed by atoms with E-state index in [4.69, 9.17) is 18.9 Å². The number of rotatable bonds is 8. The maximum atomic E-state index is 12.1. The van der Waals surface area contributed by atoms with E-state index in [0.717, 1.165) is 10.8 Å². The molecule has 0 atom stereocenters. The maximum Gasteiger partial charge on any atom is 0.331 e. The van der Waals surface area contributed by atoms with Crippen LogP contribution in [0.2, 0.25) is 0 Å². The molecule has 31 heavy (non-hydrogen) atoms. The van der Waals surface area contributed by atoms with E-state index in [1.165, 1.54) is 33.5 Å². The second kappa shape index (κ2) is 10.2. The molecule has 0 unspecified atom stereocenters. The molecule has 160 valence electrons. The first-order valence-corrected chi connectivity index (χ1v) is 9.47. The summed E-state index contributed by atoms with van der Waals surface area (Å²) >= 11 is 0. The van der Waals surface area contributed by atoms with Crippen LogP contribution in [0.4, 0.5) is 5.69 Å². The second-order valence-electron chi connectivity index (χ2n) is 6.50. The van der Waals surface area contributed by atoms with Crippen LogP contribution >= 0.6 is 0 Å². The Hall–Kier alpha value is -4.00. The van der Waals surface area contributed by atoms with Crippen molar-refractivity contribution in [1.29, 1.82) is 0 Å². The topological polar surface area (TPSA) is 83.1 Å². The molecule has 3 aromatic carbocycles. The Morgan fingerprint density at radius 1 is 0.839 bits per heavy atom. The van der Waals surface area contributed by atoms with E-state index >= 15 is 0 Å². The third-order valence-electron chi connectivity index (χ3n) is 4.51. The van der Waals surface area contributed by atoms with Crippen molar-refractivity contribution in [2.24, 2.45) is 0 Å². The molecule has 3 rings (SSSR count). The van der Waals surface area contributed by atoms with E-state index in [1.54, 1.807) is 18.2 Å². The van der Waals surface area contributed by atoms with Gasteiger partial charge in [-0.15, -0.1) is 0 Å². The SMILES string of the molecule is COc1cc(OC)c(OC)cc1/C=C/C(=O)OCC(=O)Nc1ccc2ccccc2c1. The molecule has 0 saturated heterocycles. The van der Waals surface area contributed by atoms with Crippen LogP contribution in [-0.4, -0.2) is 39.8 Å². The van der Waals surface area contributed by atoms with Gasteiger partial charge in [0, 0.05) is 23.4 Å². The Morgan fingerprint density at radius 3 is 2.23 bits per heavy atom. The molecule has 0 spiro atoms. The fourth-order valence-corrected chi connectivity index (χ4v) is 2.99. The summed E-state index contributed by atoms with van der Waals surface area (Å²) in [7, 11) is 4.54. The van der Waals surface area contributed by atoms with Gasteiger partial charge in [0.25, 0.3) is 5.91 Å². The summed E-state index contributed by atoms with van der Waals surface area (Å²) in [5.74, 6) is 0.400. The van der Waals surface area contributed by atoms with Gasteiger partial charge in [-0.05, 0) is 35.0 Å². The third-order valence-corrected chi connectivity index (χ3v) is 4.51. The van der Waals surface area contributed by atoms with Crippen LogP contribution in [0, 0.1) is 0 Å². The van der Waals surface area contributed by atoms with E-state index in [1.807, 2.05) is 36.4 Å². The van der Waals surface area contributed by atoms with Crippen molar-refractivity contribution >= 4 is 34.4 Å². The lowest BCUT2D eigenvalue weighted by Gasteiger charge is -2.12. The Morgan fingerprint density at radius 2 is 1.52 bits per heavy atom. The molecule has 0 aliphatic carbocycles. The van der Waals surface area contributed by atoms with E-state index in [0.29, 0.717) is 28.5 Å². The first-order chi connectivity index (χ1) is 15.0. The van der Waals surface area contributed by atoms with Gasteiger partial charge in [0.2, 0.25) is 0 Å². The summed E-state index contributed by atoms with van der Waals surface area (Å²) in [5.41, 5.74) is 1.23. The highest BCUT2D eigenvalue weighted by Gasteiger charge is 2.11. The average Bonchev–Trinajstić information content (AvgIpc) is 2.80. The van der Waals surface area contributed by atoms with Gasteiger partial charge in [0.15, 0.2) is 18.1 Å². The zero-order valence-electron chi connectivity index (χ0n) is 17.5. The summed E-state index contributed by atoms with van der Waals surface area (Å²) < 4.78 is 20.8. The quantitative estimate of drug-likeness (QED) is 0.436. The normalized spacial score (nSPS) is 10.7. The van der Waals surface area contributed by atoms with Crippen LogP contribution in [0.15, 0.2) is 60.7 Å². The van der Waals surface area contributed by atoms with Gasteiger partial charge in [-0.2, -0.15) is 0 Å². The van der Waals surface area contributed by atoms with Gasteiger partial charge in [-0.25, -0.2) is 4.79 Å². The average molecular weight is 421 g/mol. The predicted octanol–water partition coefficient (Wildman–Crippen LogP) is 4.06. The predicted molar refractivity (Wildman–Crippen MR) is 119 cm³/mol. The molecule has 1 N–H and O–H groups in total. The zero-order chi connectivity index (χ0) is 22.2. The van der Waals surface area contributed by atoms with Gasteiger partial charge in [0.05, 0.1) is 21.3 Å². The number of carbonyl (C=O) groups is 2. The summed E-state index contributed by atoms with van der Waals surface area (Å²) in [6, 6.07) is 16.7. The minimum absolute atomic E-state index is 0.404. The minimum Gasteiger partial charge on any atom is -0.496 e. The number of amides is 1. The van der Waals surface area contributed by atoms with Gasteiger partial charge in [0.1, 0.15) is 5.75 Å². The molecular formula is C24H23NO6. The molecule has 0 saturated carbocycles. The van der Waals surface area contributed by atoms with Crippen molar-refractivity contribution in [1.82, 2.24) is 0 Å². The lowest BCUT2D eigenvalue weighted by atomic mass is 10.1. The fraction of sp³-hybridized carbons (Fsp3) is 0.167. The van der Waals surface area contributed by atoms with E-state index < -0.39 is 18.5 Å². The monoisotopic (exact) mass is 421 g/mol. The van der Waals surface area contributed by atoms with Crippen LogP contribution in [0.25, 0.3) is 16.8 Å². The highest BCUT2D eigenvalue weighted by molar-refractivity contribution is 5.96. The first-order valence-electron chi connectivity index (χ1n) is 9.47. The number of benzene rings is 3. The fourth-order valence-electron chi connectivity index (χ4n) is 2.99. The number of fused-ring (bicyclic) bond motifs is 1. The van der Waals surface area contributed by atoms with Crippen LogP contribution in [0.1, 0.15) is 5.56 Å². The number of carbonyl (C=O) groups excluding carboxylic acids is 2. The number of ether oxygens (including phenoxy) is 4. The lowest BCUT2D eigenvalue weighted by Crippen LogP contribution is -2.20. The standard InChI is InChI=1S/C24H23NO6/c1-28-20-14-22(30-3)21(29-2)13-18(20)9-11-24(27)31-15-23(26)25-19-10-8-16-6-4-5-7-17(16)12-19/h4-14H,15H2,1-3H3,(H,25,26)/b11-9+. The molecular weight excluding hydrogens is 398 g/mol. The molecule has 0 aromatic heterocycles. The van der Waals surface area contributed by atoms with Crippen LogP contribution < -0.4 is 19.5 Å². The summed E-state index contributed by atoms with van der Waals surface area (Å²) in [4.78, 5) is 24.2. The van der Waals surface area contributed by atoms with Crippen molar-refractivity contribution in [2.75, 3.05) is 33.3 Å². The summed E-state index contributed by atoms with van der Waals surface area (Å²) in [6.07, 6.45) is 2.73. The van der Waals surface area contributed by atoms with Crippen LogP contribution in [-0.2, 0) is 14.3 Å². The minimum atomic E-state index is -0.662. The molecule has 0 radical (unpaired) electrons. The molecule has 3 aromatic rings. The molecule has 1 amide bonds. The van der Waals surface area contributed by atoms with Gasteiger partial charge < -0.3 is 24.3 Å². The van der Waals surface area contributed by atoms with E-state index in [-0.39, 0.29) is 0 Å². The van der Waals surface area contributed by atoms with Gasteiger partial charge in [-0.3, -0.25) is 4.79 Å². The first kappa shape index (κ1) is 21.7. The smallest absolute Gasteiger partial charge is 0.331 e. The van der Waals surface area contributed by atoms with Crippen molar-refractivity contribution in [3.63, 3.8) is 0 Å². The summed E-state index contributed by atoms with van der Waals surface area (Å²) in [6.45, 7) is -0.404. The number of hydrogen-bond donors (Lipinski definition) is 1. The highest BCUT2D eigenvalue weighted by Crippen LogP contribution is 2.35.